The van der Waals surface area contributed by atoms with Gasteiger partial charge in [0.2, 0.25) is 5.88 Å². The minimum atomic E-state index is 0.644. The molecule has 0 aliphatic rings. The van der Waals surface area contributed by atoms with E-state index in [1.807, 2.05) is 29.8 Å². The van der Waals surface area contributed by atoms with E-state index >= 15 is 0 Å². The van der Waals surface area contributed by atoms with Crippen LogP contribution in [-0.4, -0.2) is 16.7 Å². The Morgan fingerprint density at radius 1 is 1.46 bits per heavy atom. The smallest absolute Gasteiger partial charge is 0.213 e. The first-order valence-corrected chi connectivity index (χ1v) is 4.67. The van der Waals surface area contributed by atoms with E-state index in [2.05, 4.69) is 20.9 Å². The van der Waals surface area contributed by atoms with E-state index in [0.29, 0.717) is 5.88 Å². The average molecular weight is 241 g/mol. The van der Waals surface area contributed by atoms with E-state index in [-0.39, 0.29) is 0 Å². The highest BCUT2D eigenvalue weighted by Crippen LogP contribution is 2.22. The molecule has 0 N–H and O–H groups in total. The molecular formula is C9H9BrN2O. The van der Waals surface area contributed by atoms with Gasteiger partial charge in [-0.3, -0.25) is 0 Å². The van der Waals surface area contributed by atoms with Crippen LogP contribution in [0.15, 0.2) is 22.8 Å². The topological polar surface area (TPSA) is 27.1 Å². The predicted octanol–water partition coefficient (Wildman–Crippen LogP) is 2.34. The summed E-state index contributed by atoms with van der Waals surface area (Å²) in [5.74, 6) is 0.644. The maximum Gasteiger partial charge on any atom is 0.213 e. The average Bonchev–Trinajstić information content (AvgIpc) is 2.42. The highest BCUT2D eigenvalue weighted by Gasteiger charge is 2.04. The lowest BCUT2D eigenvalue weighted by atomic mass is 10.4. The largest absolute Gasteiger partial charge is 0.481 e. The molecule has 0 saturated carbocycles. The van der Waals surface area contributed by atoms with E-state index in [4.69, 9.17) is 4.74 Å². The van der Waals surface area contributed by atoms with Gasteiger partial charge in [0.25, 0.3) is 0 Å². The Morgan fingerprint density at radius 2 is 2.23 bits per heavy atom. The van der Waals surface area contributed by atoms with Crippen LogP contribution in [0.4, 0.5) is 0 Å². The van der Waals surface area contributed by atoms with Crippen LogP contribution in [0.5, 0.6) is 5.88 Å². The van der Waals surface area contributed by atoms with E-state index < -0.39 is 0 Å². The van der Waals surface area contributed by atoms with Crippen LogP contribution in [-0.2, 0) is 7.05 Å². The van der Waals surface area contributed by atoms with Crippen molar-refractivity contribution in [1.82, 2.24) is 9.55 Å². The zero-order valence-corrected chi connectivity index (χ0v) is 9.00. The Kier molecular flexibility index (Phi) is 2.00. The van der Waals surface area contributed by atoms with Crippen LogP contribution in [0.3, 0.4) is 0 Å². The van der Waals surface area contributed by atoms with Gasteiger partial charge >= 0.3 is 0 Å². The van der Waals surface area contributed by atoms with Gasteiger partial charge in [0.1, 0.15) is 0 Å². The number of rotatable bonds is 1. The summed E-state index contributed by atoms with van der Waals surface area (Å²) < 4.78 is 8.08. The van der Waals surface area contributed by atoms with Crippen molar-refractivity contribution in [1.29, 1.82) is 0 Å². The Balaban J connectivity index is 2.73. The number of halogens is 1. The van der Waals surface area contributed by atoms with Crippen LogP contribution in [0.1, 0.15) is 0 Å². The van der Waals surface area contributed by atoms with Gasteiger partial charge in [-0.1, -0.05) is 0 Å². The molecule has 0 bridgehead atoms. The van der Waals surface area contributed by atoms with Crippen LogP contribution in [0, 0.1) is 0 Å². The normalized spacial score (nSPS) is 10.7. The number of fused-ring (bicyclic) bond motifs is 1. The number of aromatic nitrogens is 2. The van der Waals surface area contributed by atoms with Gasteiger partial charge in [-0.15, -0.1) is 0 Å². The zero-order valence-electron chi connectivity index (χ0n) is 7.41. The molecule has 0 amide bonds. The molecule has 3 nitrogen and oxygen atoms in total. The molecule has 0 spiro atoms. The lowest BCUT2D eigenvalue weighted by Crippen LogP contribution is -1.89. The maximum absolute atomic E-state index is 5.04. The summed E-state index contributed by atoms with van der Waals surface area (Å²) in [7, 11) is 3.60. The predicted molar refractivity (Wildman–Crippen MR) is 55.0 cm³/mol. The lowest BCUT2D eigenvalue weighted by Gasteiger charge is -1.99. The lowest BCUT2D eigenvalue weighted by molar-refractivity contribution is 0.399. The number of hydrogen-bond acceptors (Lipinski definition) is 2. The first-order valence-electron chi connectivity index (χ1n) is 3.88. The van der Waals surface area contributed by atoms with Gasteiger partial charge in [-0.05, 0) is 28.1 Å². The third-order valence-corrected chi connectivity index (χ3v) is 2.78. The summed E-state index contributed by atoms with van der Waals surface area (Å²) in [5, 5.41) is 0. The number of pyridine rings is 1. The number of ether oxygens (including phenoxy) is 1. The quantitative estimate of drug-likeness (QED) is 0.766. The highest BCUT2D eigenvalue weighted by molar-refractivity contribution is 9.10. The summed E-state index contributed by atoms with van der Waals surface area (Å²) in [4.78, 5) is 4.30. The summed E-state index contributed by atoms with van der Waals surface area (Å²) >= 11 is 3.44. The van der Waals surface area contributed by atoms with Gasteiger partial charge in [0.05, 0.1) is 22.7 Å². The summed E-state index contributed by atoms with van der Waals surface area (Å²) in [6.45, 7) is 0. The molecule has 2 aromatic rings. The van der Waals surface area contributed by atoms with E-state index in [9.17, 15) is 0 Å². The molecule has 2 heterocycles. The van der Waals surface area contributed by atoms with Gasteiger partial charge in [-0.25, -0.2) is 4.98 Å². The molecule has 0 unspecified atom stereocenters. The monoisotopic (exact) mass is 240 g/mol. The third-order valence-electron chi connectivity index (χ3n) is 2.02. The van der Waals surface area contributed by atoms with Gasteiger partial charge < -0.3 is 9.30 Å². The zero-order chi connectivity index (χ0) is 9.42. The molecule has 0 aliphatic heterocycles. The molecule has 2 aromatic heterocycles. The fourth-order valence-corrected chi connectivity index (χ4v) is 1.68. The third kappa shape index (κ3) is 1.31. The van der Waals surface area contributed by atoms with Crippen LogP contribution < -0.4 is 4.74 Å². The van der Waals surface area contributed by atoms with Crippen LogP contribution in [0.25, 0.3) is 11.0 Å². The summed E-state index contributed by atoms with van der Waals surface area (Å²) in [6.07, 6.45) is 0. The van der Waals surface area contributed by atoms with E-state index in [0.717, 1.165) is 15.6 Å². The van der Waals surface area contributed by atoms with Crippen molar-refractivity contribution in [2.45, 2.75) is 0 Å². The van der Waals surface area contributed by atoms with Crippen molar-refractivity contribution in [3.8, 4) is 5.88 Å². The summed E-state index contributed by atoms with van der Waals surface area (Å²) in [5.41, 5.74) is 2.03. The van der Waals surface area contributed by atoms with Crippen molar-refractivity contribution >= 4 is 27.0 Å². The maximum atomic E-state index is 5.04. The van der Waals surface area contributed by atoms with Crippen LogP contribution >= 0.6 is 15.9 Å². The minimum absolute atomic E-state index is 0.644. The summed E-state index contributed by atoms with van der Waals surface area (Å²) in [6, 6.07) is 5.82. The van der Waals surface area contributed by atoms with Crippen molar-refractivity contribution in [3.05, 3.63) is 22.8 Å². The van der Waals surface area contributed by atoms with Crippen molar-refractivity contribution < 1.29 is 4.74 Å². The second-order valence-electron chi connectivity index (χ2n) is 2.78. The minimum Gasteiger partial charge on any atom is -0.481 e. The van der Waals surface area contributed by atoms with Gasteiger partial charge in [0.15, 0.2) is 0 Å². The molecule has 68 valence electrons. The van der Waals surface area contributed by atoms with Crippen molar-refractivity contribution in [3.63, 3.8) is 0 Å². The highest BCUT2D eigenvalue weighted by atomic mass is 79.9. The van der Waals surface area contributed by atoms with Crippen molar-refractivity contribution in [2.75, 3.05) is 7.11 Å². The van der Waals surface area contributed by atoms with Crippen molar-refractivity contribution in [2.24, 2.45) is 7.05 Å². The number of methoxy groups -OCH3 is 1. The Hall–Kier alpha value is -1.03. The first kappa shape index (κ1) is 8.56. The second kappa shape index (κ2) is 3.03. The number of nitrogens with zero attached hydrogens (tertiary/aromatic N) is 2. The molecule has 0 radical (unpaired) electrons. The van der Waals surface area contributed by atoms with Crippen LogP contribution in [0.2, 0.25) is 0 Å². The standard InChI is InChI=1S/C9H9BrN2O/c1-12-7-3-4-9(13-2)11-6(7)5-8(12)10/h3-5H,1-2H3. The first-order chi connectivity index (χ1) is 6.22. The number of aryl methyl sites for hydroxylation is 1. The molecule has 0 aromatic carbocycles. The fourth-order valence-electron chi connectivity index (χ4n) is 1.28. The fraction of sp³-hybridized carbons (Fsp3) is 0.222. The second-order valence-corrected chi connectivity index (χ2v) is 3.60. The molecule has 0 aliphatic carbocycles. The molecule has 2 rings (SSSR count). The van der Waals surface area contributed by atoms with Gasteiger partial charge in [-0.2, -0.15) is 0 Å². The SMILES string of the molecule is COc1ccc2c(cc(Br)n2C)n1. The molecule has 0 fully saturated rings. The molecule has 13 heavy (non-hydrogen) atoms. The Bertz CT molecular complexity index is 450. The molecule has 0 atom stereocenters. The molecule has 4 heteroatoms. The van der Waals surface area contributed by atoms with E-state index in [1.165, 1.54) is 0 Å². The molecule has 0 saturated heterocycles. The van der Waals surface area contributed by atoms with Gasteiger partial charge in [0, 0.05) is 13.1 Å². The molecular weight excluding hydrogens is 232 g/mol. The van der Waals surface area contributed by atoms with E-state index in [1.54, 1.807) is 7.11 Å². The Morgan fingerprint density at radius 3 is 2.92 bits per heavy atom. The number of hydrogen-bond donors (Lipinski definition) is 0. The Labute approximate surface area is 84.5 Å².